The number of ether oxygens (including phenoxy) is 1. The SMILES string of the molecule is C[C@H]1COCC(C)(O)C1. The summed E-state index contributed by atoms with van der Waals surface area (Å²) in [5.74, 6) is 0.508. The second-order valence-electron chi connectivity index (χ2n) is 3.32. The predicted molar refractivity (Wildman–Crippen MR) is 35.2 cm³/mol. The lowest BCUT2D eigenvalue weighted by molar-refractivity contribution is -0.0941. The fourth-order valence-corrected chi connectivity index (χ4v) is 1.35. The largest absolute Gasteiger partial charge is 0.388 e. The molecule has 0 amide bonds. The van der Waals surface area contributed by atoms with Crippen LogP contribution in [0.5, 0.6) is 0 Å². The minimum Gasteiger partial charge on any atom is -0.388 e. The van der Waals surface area contributed by atoms with Crippen LogP contribution >= 0.6 is 0 Å². The summed E-state index contributed by atoms with van der Waals surface area (Å²) >= 11 is 0. The Bertz CT molecular complexity index is 99.1. The highest BCUT2D eigenvalue weighted by Gasteiger charge is 2.27. The van der Waals surface area contributed by atoms with Crippen molar-refractivity contribution in [3.8, 4) is 0 Å². The van der Waals surface area contributed by atoms with Crippen molar-refractivity contribution in [1.82, 2.24) is 0 Å². The molecule has 2 atom stereocenters. The van der Waals surface area contributed by atoms with Gasteiger partial charge in [0.1, 0.15) is 0 Å². The molecular formula is C7H14O2. The Balaban J connectivity index is 2.41. The Labute approximate surface area is 55.8 Å². The Kier molecular flexibility index (Phi) is 1.78. The monoisotopic (exact) mass is 130 g/mol. The third kappa shape index (κ3) is 1.95. The van der Waals surface area contributed by atoms with E-state index in [4.69, 9.17) is 4.74 Å². The molecule has 1 fully saturated rings. The fourth-order valence-electron chi connectivity index (χ4n) is 1.35. The first-order valence-corrected chi connectivity index (χ1v) is 3.40. The number of hydrogen-bond acceptors (Lipinski definition) is 2. The van der Waals surface area contributed by atoms with Gasteiger partial charge >= 0.3 is 0 Å². The van der Waals surface area contributed by atoms with Crippen molar-refractivity contribution in [2.75, 3.05) is 13.2 Å². The molecule has 1 heterocycles. The molecule has 9 heavy (non-hydrogen) atoms. The molecule has 1 aliphatic rings. The van der Waals surface area contributed by atoms with Gasteiger partial charge in [0.25, 0.3) is 0 Å². The molecule has 0 aliphatic carbocycles. The Morgan fingerprint density at radius 1 is 1.67 bits per heavy atom. The normalized spacial score (nSPS) is 45.0. The third-order valence-corrected chi connectivity index (χ3v) is 1.60. The molecule has 1 saturated heterocycles. The van der Waals surface area contributed by atoms with Gasteiger partial charge in [-0.1, -0.05) is 6.92 Å². The minimum atomic E-state index is -0.572. The molecule has 0 radical (unpaired) electrons. The highest BCUT2D eigenvalue weighted by molar-refractivity contribution is 4.78. The number of aliphatic hydroxyl groups is 1. The van der Waals surface area contributed by atoms with Crippen LogP contribution in [0.3, 0.4) is 0 Å². The minimum absolute atomic E-state index is 0.497. The van der Waals surface area contributed by atoms with Crippen LogP contribution in [0, 0.1) is 5.92 Å². The Morgan fingerprint density at radius 3 is 2.67 bits per heavy atom. The van der Waals surface area contributed by atoms with E-state index in [0.717, 1.165) is 13.0 Å². The zero-order valence-corrected chi connectivity index (χ0v) is 6.05. The van der Waals surface area contributed by atoms with E-state index in [9.17, 15) is 5.11 Å². The van der Waals surface area contributed by atoms with Crippen LogP contribution in [0.1, 0.15) is 20.3 Å². The van der Waals surface area contributed by atoms with Crippen molar-refractivity contribution in [2.45, 2.75) is 25.9 Å². The lowest BCUT2D eigenvalue weighted by atomic mass is 9.92. The highest BCUT2D eigenvalue weighted by atomic mass is 16.5. The molecule has 1 rings (SSSR count). The van der Waals surface area contributed by atoms with Gasteiger partial charge in [0.15, 0.2) is 0 Å². The third-order valence-electron chi connectivity index (χ3n) is 1.60. The first-order chi connectivity index (χ1) is 4.10. The van der Waals surface area contributed by atoms with E-state index in [1.54, 1.807) is 0 Å². The Hall–Kier alpha value is -0.0800. The van der Waals surface area contributed by atoms with Crippen LogP contribution in [0.25, 0.3) is 0 Å². The number of rotatable bonds is 0. The summed E-state index contributed by atoms with van der Waals surface area (Å²) in [4.78, 5) is 0. The average molecular weight is 130 g/mol. The average Bonchev–Trinajstić information content (AvgIpc) is 1.60. The molecule has 0 aromatic carbocycles. The molecule has 1 unspecified atom stereocenters. The summed E-state index contributed by atoms with van der Waals surface area (Å²) in [5.41, 5.74) is -0.572. The maximum Gasteiger partial charge on any atom is 0.0855 e. The predicted octanol–water partition coefficient (Wildman–Crippen LogP) is 0.794. The van der Waals surface area contributed by atoms with E-state index >= 15 is 0 Å². The zero-order valence-electron chi connectivity index (χ0n) is 6.05. The standard InChI is InChI=1S/C7H14O2/c1-6-3-7(2,8)5-9-4-6/h6,8H,3-5H2,1-2H3/t6-,7?/m1/s1. The smallest absolute Gasteiger partial charge is 0.0855 e. The fraction of sp³-hybridized carbons (Fsp3) is 1.00. The van der Waals surface area contributed by atoms with Crippen LogP contribution in [-0.2, 0) is 4.74 Å². The first kappa shape index (κ1) is 7.03. The van der Waals surface area contributed by atoms with Crippen molar-refractivity contribution < 1.29 is 9.84 Å². The maximum absolute atomic E-state index is 9.42. The molecule has 0 aromatic rings. The van der Waals surface area contributed by atoms with Gasteiger partial charge in [-0.25, -0.2) is 0 Å². The number of hydrogen-bond donors (Lipinski definition) is 1. The van der Waals surface area contributed by atoms with Crippen molar-refractivity contribution in [2.24, 2.45) is 5.92 Å². The summed E-state index contributed by atoms with van der Waals surface area (Å²) in [6, 6.07) is 0. The van der Waals surface area contributed by atoms with Crippen molar-refractivity contribution in [3.63, 3.8) is 0 Å². The summed E-state index contributed by atoms with van der Waals surface area (Å²) < 4.78 is 5.15. The maximum atomic E-state index is 9.42. The Morgan fingerprint density at radius 2 is 2.33 bits per heavy atom. The molecule has 1 aliphatic heterocycles. The second-order valence-corrected chi connectivity index (χ2v) is 3.32. The lowest BCUT2D eigenvalue weighted by Gasteiger charge is -2.31. The van der Waals surface area contributed by atoms with E-state index in [0.29, 0.717) is 12.5 Å². The van der Waals surface area contributed by atoms with Gasteiger partial charge in [-0.15, -0.1) is 0 Å². The lowest BCUT2D eigenvalue weighted by Crippen LogP contribution is -2.38. The van der Waals surface area contributed by atoms with E-state index in [1.807, 2.05) is 6.92 Å². The van der Waals surface area contributed by atoms with Crippen LogP contribution < -0.4 is 0 Å². The molecule has 54 valence electrons. The van der Waals surface area contributed by atoms with E-state index in [-0.39, 0.29) is 0 Å². The molecule has 2 heteroatoms. The molecule has 0 saturated carbocycles. The van der Waals surface area contributed by atoms with Crippen LogP contribution in [0.15, 0.2) is 0 Å². The molecule has 0 aromatic heterocycles. The summed E-state index contributed by atoms with van der Waals surface area (Å²) in [6.45, 7) is 5.21. The summed E-state index contributed by atoms with van der Waals surface area (Å²) in [5, 5.41) is 9.42. The molecule has 0 bridgehead atoms. The van der Waals surface area contributed by atoms with Crippen molar-refractivity contribution in [3.05, 3.63) is 0 Å². The van der Waals surface area contributed by atoms with Gasteiger partial charge in [-0.3, -0.25) is 0 Å². The van der Waals surface area contributed by atoms with E-state index in [2.05, 4.69) is 6.92 Å². The quantitative estimate of drug-likeness (QED) is 0.525. The van der Waals surface area contributed by atoms with E-state index in [1.165, 1.54) is 0 Å². The van der Waals surface area contributed by atoms with Crippen molar-refractivity contribution in [1.29, 1.82) is 0 Å². The summed E-state index contributed by atoms with van der Waals surface area (Å²) in [7, 11) is 0. The van der Waals surface area contributed by atoms with E-state index < -0.39 is 5.60 Å². The van der Waals surface area contributed by atoms with Crippen LogP contribution in [0.4, 0.5) is 0 Å². The topological polar surface area (TPSA) is 29.5 Å². The molecule has 1 N–H and O–H groups in total. The van der Waals surface area contributed by atoms with Gasteiger partial charge in [0, 0.05) is 6.61 Å². The molecule has 2 nitrogen and oxygen atoms in total. The van der Waals surface area contributed by atoms with Crippen LogP contribution in [-0.4, -0.2) is 23.9 Å². The van der Waals surface area contributed by atoms with Crippen LogP contribution in [0.2, 0.25) is 0 Å². The van der Waals surface area contributed by atoms with Gasteiger partial charge in [0.05, 0.1) is 12.2 Å². The first-order valence-electron chi connectivity index (χ1n) is 3.40. The summed E-state index contributed by atoms with van der Waals surface area (Å²) in [6.07, 6.45) is 0.868. The van der Waals surface area contributed by atoms with Gasteiger partial charge in [0.2, 0.25) is 0 Å². The second kappa shape index (κ2) is 2.27. The van der Waals surface area contributed by atoms with Gasteiger partial charge in [-0.05, 0) is 19.3 Å². The molecule has 0 spiro atoms. The van der Waals surface area contributed by atoms with Gasteiger partial charge < -0.3 is 9.84 Å². The van der Waals surface area contributed by atoms with Crippen molar-refractivity contribution >= 4 is 0 Å². The highest BCUT2D eigenvalue weighted by Crippen LogP contribution is 2.21. The molecular weight excluding hydrogens is 116 g/mol. The zero-order chi connectivity index (χ0) is 6.91. The van der Waals surface area contributed by atoms with Gasteiger partial charge in [-0.2, -0.15) is 0 Å².